The maximum absolute atomic E-state index is 12.7. The number of methoxy groups -OCH3 is 1. The molecule has 0 aliphatic carbocycles. The number of hydrogen-bond acceptors (Lipinski definition) is 5. The molecule has 1 aliphatic rings. The molecule has 26 heavy (non-hydrogen) atoms. The first-order valence-corrected chi connectivity index (χ1v) is 9.09. The smallest absolute Gasteiger partial charge is 0.273 e. The predicted molar refractivity (Wildman–Crippen MR) is 99.9 cm³/mol. The molecule has 0 unspecified atom stereocenters. The third-order valence-corrected chi connectivity index (χ3v) is 5.25. The van der Waals surface area contributed by atoms with Crippen LogP contribution in [0.25, 0.3) is 5.69 Å². The average Bonchev–Trinajstić information content (AvgIpc) is 3.03. The number of nitrogens with zero attached hydrogens (tertiary/aromatic N) is 3. The fraction of sp³-hybridized carbons (Fsp3) is 0.500. The lowest BCUT2D eigenvalue weighted by Gasteiger charge is -2.37. The van der Waals surface area contributed by atoms with Gasteiger partial charge in [-0.05, 0) is 45.0 Å². The zero-order chi connectivity index (χ0) is 18.6. The van der Waals surface area contributed by atoms with Gasteiger partial charge in [0.2, 0.25) is 0 Å². The van der Waals surface area contributed by atoms with Crippen molar-refractivity contribution < 1.29 is 9.53 Å². The summed E-state index contributed by atoms with van der Waals surface area (Å²) in [5.74, 6) is -0.227. The van der Waals surface area contributed by atoms with Crippen LogP contribution in [-0.2, 0) is 4.74 Å². The van der Waals surface area contributed by atoms with Gasteiger partial charge in [-0.25, -0.2) is 4.68 Å². The second kappa shape index (κ2) is 8.16. The number of rotatable bonds is 6. The first-order valence-electron chi connectivity index (χ1n) is 8.71. The summed E-state index contributed by atoms with van der Waals surface area (Å²) in [5.41, 5.74) is 1.63. The molecular weight excluding hydrogens is 354 g/mol. The van der Waals surface area contributed by atoms with Gasteiger partial charge in [-0.2, -0.15) is 0 Å². The van der Waals surface area contributed by atoms with Crippen LogP contribution in [0.4, 0.5) is 0 Å². The highest BCUT2D eigenvalue weighted by molar-refractivity contribution is 6.32. The van der Waals surface area contributed by atoms with Gasteiger partial charge < -0.3 is 15.4 Å². The van der Waals surface area contributed by atoms with Crippen molar-refractivity contribution in [3.63, 3.8) is 0 Å². The lowest BCUT2D eigenvalue weighted by Crippen LogP contribution is -2.47. The van der Waals surface area contributed by atoms with Gasteiger partial charge in [0.1, 0.15) is 0 Å². The Morgan fingerprint density at radius 3 is 2.81 bits per heavy atom. The summed E-state index contributed by atoms with van der Waals surface area (Å²) in [5, 5.41) is 15.1. The normalized spacial score (nSPS) is 16.4. The van der Waals surface area contributed by atoms with E-state index in [-0.39, 0.29) is 11.3 Å². The van der Waals surface area contributed by atoms with Gasteiger partial charge in [0.05, 0.1) is 23.0 Å². The summed E-state index contributed by atoms with van der Waals surface area (Å²) in [6.07, 6.45) is 1.93. The topological polar surface area (TPSA) is 81.1 Å². The summed E-state index contributed by atoms with van der Waals surface area (Å²) in [6, 6.07) is 7.34. The molecule has 8 heteroatoms. The Morgan fingerprint density at radius 2 is 2.12 bits per heavy atom. The van der Waals surface area contributed by atoms with E-state index >= 15 is 0 Å². The number of nitrogens with one attached hydrogen (secondary N) is 2. The highest BCUT2D eigenvalue weighted by Crippen LogP contribution is 2.28. The molecule has 1 amide bonds. The van der Waals surface area contributed by atoms with Crippen molar-refractivity contribution in [2.24, 2.45) is 5.41 Å². The number of ether oxygens (including phenoxy) is 1. The summed E-state index contributed by atoms with van der Waals surface area (Å²) in [6.45, 7) is 4.86. The Hall–Kier alpha value is -1.96. The van der Waals surface area contributed by atoms with Crippen LogP contribution in [0.2, 0.25) is 5.02 Å². The van der Waals surface area contributed by atoms with E-state index < -0.39 is 0 Å². The number of benzene rings is 1. The maximum atomic E-state index is 12.7. The maximum Gasteiger partial charge on any atom is 0.273 e. The molecule has 2 heterocycles. The van der Waals surface area contributed by atoms with Crippen LogP contribution >= 0.6 is 11.6 Å². The SMILES string of the molecule is COCC1(CNC(=O)c2nnn(-c3ccccc3Cl)c2C)CCNCC1. The van der Waals surface area contributed by atoms with E-state index in [0.717, 1.165) is 25.9 Å². The molecule has 3 rings (SSSR count). The van der Waals surface area contributed by atoms with E-state index in [1.54, 1.807) is 17.9 Å². The number of aromatic nitrogens is 3. The molecule has 0 bridgehead atoms. The Labute approximate surface area is 158 Å². The first kappa shape index (κ1) is 18.8. The third kappa shape index (κ3) is 3.90. The molecule has 7 nitrogen and oxygen atoms in total. The minimum Gasteiger partial charge on any atom is -0.384 e. The van der Waals surface area contributed by atoms with Gasteiger partial charge >= 0.3 is 0 Å². The Morgan fingerprint density at radius 1 is 1.38 bits per heavy atom. The number of amides is 1. The van der Waals surface area contributed by atoms with Crippen molar-refractivity contribution in [1.82, 2.24) is 25.6 Å². The van der Waals surface area contributed by atoms with Crippen LogP contribution < -0.4 is 10.6 Å². The fourth-order valence-electron chi connectivity index (χ4n) is 3.38. The molecule has 1 aromatic carbocycles. The minimum atomic E-state index is -0.227. The van der Waals surface area contributed by atoms with Crippen molar-refractivity contribution >= 4 is 17.5 Å². The molecule has 1 fully saturated rings. The van der Waals surface area contributed by atoms with E-state index in [2.05, 4.69) is 20.9 Å². The Bertz CT molecular complexity index is 765. The van der Waals surface area contributed by atoms with Gasteiger partial charge in [0.15, 0.2) is 5.69 Å². The standard InChI is InChI=1S/C18H24ClN5O2/c1-13-16(22-23-24(13)15-6-4-3-5-14(15)19)17(25)21-11-18(12-26-2)7-9-20-10-8-18/h3-6,20H,7-12H2,1-2H3,(H,21,25). The molecule has 140 valence electrons. The zero-order valence-corrected chi connectivity index (χ0v) is 15.8. The summed E-state index contributed by atoms with van der Waals surface area (Å²) in [7, 11) is 1.70. The molecule has 0 saturated carbocycles. The van der Waals surface area contributed by atoms with E-state index in [4.69, 9.17) is 16.3 Å². The van der Waals surface area contributed by atoms with Gasteiger partial charge in [-0.15, -0.1) is 5.10 Å². The third-order valence-electron chi connectivity index (χ3n) is 4.93. The predicted octanol–water partition coefficient (Wildman–Crippen LogP) is 1.98. The minimum absolute atomic E-state index is 0.0394. The van der Waals surface area contributed by atoms with Crippen molar-refractivity contribution in [1.29, 1.82) is 0 Å². The van der Waals surface area contributed by atoms with Crippen LogP contribution in [-0.4, -0.2) is 54.3 Å². The van der Waals surface area contributed by atoms with Crippen molar-refractivity contribution in [3.8, 4) is 5.69 Å². The number of carbonyl (C=O) groups is 1. The van der Waals surface area contributed by atoms with E-state index in [0.29, 0.717) is 35.2 Å². The number of para-hydroxylation sites is 1. The summed E-state index contributed by atoms with van der Waals surface area (Å²) in [4.78, 5) is 12.7. The molecule has 1 aliphatic heterocycles. The molecule has 0 atom stereocenters. The fourth-order valence-corrected chi connectivity index (χ4v) is 3.59. The van der Waals surface area contributed by atoms with Crippen LogP contribution in [0.1, 0.15) is 29.0 Å². The van der Waals surface area contributed by atoms with Gasteiger partial charge in [0, 0.05) is 19.1 Å². The van der Waals surface area contributed by atoms with E-state index in [1.807, 2.05) is 25.1 Å². The Kier molecular flexibility index (Phi) is 5.90. The van der Waals surface area contributed by atoms with Gasteiger partial charge in [-0.3, -0.25) is 4.79 Å². The highest BCUT2D eigenvalue weighted by Gasteiger charge is 2.33. The van der Waals surface area contributed by atoms with Crippen LogP contribution in [0, 0.1) is 12.3 Å². The molecule has 2 aromatic rings. The first-order chi connectivity index (χ1) is 12.6. The number of carbonyl (C=O) groups excluding carboxylic acids is 1. The average molecular weight is 378 g/mol. The number of halogens is 1. The van der Waals surface area contributed by atoms with Crippen LogP contribution in [0.15, 0.2) is 24.3 Å². The van der Waals surface area contributed by atoms with E-state index in [1.165, 1.54) is 0 Å². The highest BCUT2D eigenvalue weighted by atomic mass is 35.5. The van der Waals surface area contributed by atoms with Crippen LogP contribution in [0.3, 0.4) is 0 Å². The van der Waals surface area contributed by atoms with Crippen molar-refractivity contribution in [2.75, 3.05) is 33.4 Å². The summed E-state index contributed by atoms with van der Waals surface area (Å²) < 4.78 is 6.99. The van der Waals surface area contributed by atoms with Crippen molar-refractivity contribution in [2.45, 2.75) is 19.8 Å². The second-order valence-corrected chi connectivity index (χ2v) is 7.16. The van der Waals surface area contributed by atoms with Crippen LogP contribution in [0.5, 0.6) is 0 Å². The van der Waals surface area contributed by atoms with E-state index in [9.17, 15) is 4.79 Å². The largest absolute Gasteiger partial charge is 0.384 e. The molecule has 0 radical (unpaired) electrons. The second-order valence-electron chi connectivity index (χ2n) is 6.75. The molecule has 2 N–H and O–H groups in total. The molecule has 1 saturated heterocycles. The lowest BCUT2D eigenvalue weighted by atomic mass is 9.79. The zero-order valence-electron chi connectivity index (χ0n) is 15.1. The number of piperidine rings is 1. The molecule has 1 aromatic heterocycles. The Balaban J connectivity index is 1.73. The van der Waals surface area contributed by atoms with Crippen molar-refractivity contribution in [3.05, 3.63) is 40.7 Å². The summed E-state index contributed by atoms with van der Waals surface area (Å²) >= 11 is 6.23. The molecular formula is C18H24ClN5O2. The number of hydrogen-bond donors (Lipinski definition) is 2. The quantitative estimate of drug-likeness (QED) is 0.804. The monoisotopic (exact) mass is 377 g/mol. The van der Waals surface area contributed by atoms with Gasteiger partial charge in [-0.1, -0.05) is 28.9 Å². The molecule has 0 spiro atoms. The lowest BCUT2D eigenvalue weighted by molar-refractivity contribution is 0.0510. The van der Waals surface area contributed by atoms with Gasteiger partial charge in [0.25, 0.3) is 5.91 Å².